The van der Waals surface area contributed by atoms with Gasteiger partial charge in [0.15, 0.2) is 0 Å². The number of hydrogen-bond acceptors (Lipinski definition) is 3. The van der Waals surface area contributed by atoms with Crippen LogP contribution in [0.15, 0.2) is 12.1 Å². The molecule has 0 radical (unpaired) electrons. The molecule has 0 N–H and O–H groups in total. The van der Waals surface area contributed by atoms with Gasteiger partial charge in [0.05, 0.1) is 17.2 Å². The van der Waals surface area contributed by atoms with Crippen molar-refractivity contribution in [2.45, 2.75) is 57.9 Å². The normalized spacial score (nSPS) is 26.3. The molecule has 2 aliphatic heterocycles. The summed E-state index contributed by atoms with van der Waals surface area (Å²) in [6.07, 6.45) is -4.27. The van der Waals surface area contributed by atoms with Crippen molar-refractivity contribution < 1.29 is 27.5 Å². The molecule has 0 aromatic heterocycles. The van der Waals surface area contributed by atoms with Gasteiger partial charge in [0.25, 0.3) is 5.91 Å². The highest BCUT2D eigenvalue weighted by molar-refractivity contribution is 6.01. The molecule has 2 heterocycles. The van der Waals surface area contributed by atoms with Crippen LogP contribution in [0.1, 0.15) is 73.1 Å². The fraction of sp³-hybridized carbons (Fsp3) is 0.619. The maximum absolute atomic E-state index is 13.8. The summed E-state index contributed by atoms with van der Waals surface area (Å²) in [5, 5.41) is 0. The molecule has 0 spiro atoms. The fourth-order valence-corrected chi connectivity index (χ4v) is 4.34. The number of alkyl halides is 3. The average Bonchev–Trinajstić information content (AvgIpc) is 3.27. The van der Waals surface area contributed by atoms with Crippen LogP contribution in [0, 0.1) is 5.92 Å². The highest BCUT2D eigenvalue weighted by Gasteiger charge is 2.49. The molecule has 1 saturated carbocycles. The topological polar surface area (TPSA) is 49.9 Å². The van der Waals surface area contributed by atoms with Crippen LogP contribution in [0.2, 0.25) is 0 Å². The third-order valence-corrected chi connectivity index (χ3v) is 5.90. The highest BCUT2D eigenvalue weighted by atomic mass is 19.4. The van der Waals surface area contributed by atoms with Gasteiger partial charge in [0.2, 0.25) is 0 Å². The van der Waals surface area contributed by atoms with E-state index in [1.54, 1.807) is 26.8 Å². The number of benzene rings is 1. The summed E-state index contributed by atoms with van der Waals surface area (Å²) in [5.74, 6) is -0.167. The summed E-state index contributed by atoms with van der Waals surface area (Å²) >= 11 is 0. The molecule has 158 valence electrons. The second kappa shape index (κ2) is 6.37. The van der Waals surface area contributed by atoms with E-state index in [1.165, 1.54) is 9.80 Å². The quantitative estimate of drug-likeness (QED) is 0.681. The molecular formula is C21H25F3N2O3. The molecule has 0 bridgehead atoms. The van der Waals surface area contributed by atoms with E-state index in [4.69, 9.17) is 4.74 Å². The number of carbonyl (C=O) groups excluding carboxylic acids is 2. The van der Waals surface area contributed by atoms with E-state index in [2.05, 4.69) is 0 Å². The molecule has 1 aromatic carbocycles. The smallest absolute Gasteiger partial charge is 0.417 e. The van der Waals surface area contributed by atoms with Crippen LogP contribution in [0.4, 0.5) is 18.0 Å². The van der Waals surface area contributed by atoms with Crippen molar-refractivity contribution in [3.05, 3.63) is 34.4 Å². The molecule has 0 unspecified atom stereocenters. The maximum atomic E-state index is 13.8. The molecule has 5 nitrogen and oxygen atoms in total. The van der Waals surface area contributed by atoms with Gasteiger partial charge in [-0.05, 0) is 56.2 Å². The molecule has 1 aliphatic carbocycles. The van der Waals surface area contributed by atoms with Crippen LogP contribution in [0.25, 0.3) is 0 Å². The molecule has 2 amide bonds. The molecule has 1 saturated heterocycles. The van der Waals surface area contributed by atoms with Crippen molar-refractivity contribution in [3.63, 3.8) is 0 Å². The minimum Gasteiger partial charge on any atom is -0.444 e. The van der Waals surface area contributed by atoms with Gasteiger partial charge in [-0.3, -0.25) is 4.79 Å². The van der Waals surface area contributed by atoms with Crippen LogP contribution in [-0.4, -0.2) is 47.0 Å². The number of hydrogen-bond donors (Lipinski definition) is 0. The number of ether oxygens (including phenoxy) is 1. The highest BCUT2D eigenvalue weighted by Crippen LogP contribution is 2.51. The lowest BCUT2D eigenvalue weighted by atomic mass is 9.93. The van der Waals surface area contributed by atoms with E-state index in [-0.39, 0.29) is 31.1 Å². The number of fused-ring (bicyclic) bond motifs is 3. The average molecular weight is 410 g/mol. The second-order valence-electron chi connectivity index (χ2n) is 9.29. The summed E-state index contributed by atoms with van der Waals surface area (Å²) in [6, 6.07) is 2.32. The van der Waals surface area contributed by atoms with Gasteiger partial charge >= 0.3 is 12.3 Å². The van der Waals surface area contributed by atoms with Crippen molar-refractivity contribution in [1.29, 1.82) is 0 Å². The lowest BCUT2D eigenvalue weighted by Crippen LogP contribution is -2.50. The Morgan fingerprint density at radius 2 is 1.83 bits per heavy atom. The van der Waals surface area contributed by atoms with Crippen molar-refractivity contribution in [2.75, 3.05) is 19.6 Å². The van der Waals surface area contributed by atoms with E-state index in [0.717, 1.165) is 12.5 Å². The molecule has 3 aliphatic rings. The van der Waals surface area contributed by atoms with Crippen molar-refractivity contribution >= 4 is 12.0 Å². The van der Waals surface area contributed by atoms with E-state index < -0.39 is 35.4 Å². The summed E-state index contributed by atoms with van der Waals surface area (Å²) in [6.45, 7) is 7.84. The summed E-state index contributed by atoms with van der Waals surface area (Å²) in [7, 11) is 0. The predicted molar refractivity (Wildman–Crippen MR) is 99.6 cm³/mol. The minimum atomic E-state index is -4.60. The standard InChI is InChI=1S/C21H25F3N2O3/c1-11-7-13(11)12-8-14-16-10-25(19(28)29-20(2,3)4)5-6-26(16)18(27)17(14)15(9-12)21(22,23)24/h8-9,11,13,16H,5-7,10H2,1-4H3/t11-,13+,16-/m0/s1. The summed E-state index contributed by atoms with van der Waals surface area (Å²) in [4.78, 5) is 28.3. The first-order valence-corrected chi connectivity index (χ1v) is 9.91. The molecule has 29 heavy (non-hydrogen) atoms. The Balaban J connectivity index is 1.71. The van der Waals surface area contributed by atoms with E-state index in [0.29, 0.717) is 17.0 Å². The predicted octanol–water partition coefficient (Wildman–Crippen LogP) is 4.58. The Hall–Kier alpha value is -2.25. The van der Waals surface area contributed by atoms with Crippen LogP contribution in [0.5, 0.6) is 0 Å². The van der Waals surface area contributed by atoms with E-state index in [1.807, 2.05) is 6.92 Å². The monoisotopic (exact) mass is 410 g/mol. The Bertz CT molecular complexity index is 875. The Morgan fingerprint density at radius 3 is 2.38 bits per heavy atom. The van der Waals surface area contributed by atoms with Crippen LogP contribution < -0.4 is 0 Å². The third kappa shape index (κ3) is 3.57. The maximum Gasteiger partial charge on any atom is 0.417 e. The van der Waals surface area contributed by atoms with Gasteiger partial charge in [0, 0.05) is 19.6 Å². The molecule has 8 heteroatoms. The van der Waals surface area contributed by atoms with Gasteiger partial charge in [-0.25, -0.2) is 4.79 Å². The molecule has 4 rings (SSSR count). The molecular weight excluding hydrogens is 385 g/mol. The minimum absolute atomic E-state index is 0.0936. The second-order valence-corrected chi connectivity index (χ2v) is 9.29. The zero-order valence-corrected chi connectivity index (χ0v) is 17.0. The van der Waals surface area contributed by atoms with Crippen molar-refractivity contribution in [2.24, 2.45) is 5.92 Å². The summed E-state index contributed by atoms with van der Waals surface area (Å²) < 4.78 is 46.8. The van der Waals surface area contributed by atoms with Gasteiger partial charge in [-0.2, -0.15) is 13.2 Å². The number of amides is 2. The van der Waals surface area contributed by atoms with Gasteiger partial charge in [-0.1, -0.05) is 13.0 Å². The first-order valence-electron chi connectivity index (χ1n) is 9.91. The number of halogens is 3. The Kier molecular flexibility index (Phi) is 4.40. The largest absolute Gasteiger partial charge is 0.444 e. The summed E-state index contributed by atoms with van der Waals surface area (Å²) in [5.41, 5.74) is -0.770. The fourth-order valence-electron chi connectivity index (χ4n) is 4.34. The van der Waals surface area contributed by atoms with E-state index >= 15 is 0 Å². The first kappa shape index (κ1) is 20.0. The van der Waals surface area contributed by atoms with Crippen LogP contribution in [-0.2, 0) is 10.9 Å². The number of carbonyl (C=O) groups is 2. The third-order valence-electron chi connectivity index (χ3n) is 5.90. The SMILES string of the molecule is C[C@H]1C[C@H]1c1cc2c(c(C(F)(F)F)c1)C(=O)N1CCN(C(=O)OC(C)(C)C)C[C@@H]21. The lowest BCUT2D eigenvalue weighted by Gasteiger charge is -2.38. The zero-order chi connectivity index (χ0) is 21.3. The van der Waals surface area contributed by atoms with Gasteiger partial charge in [0.1, 0.15) is 5.60 Å². The number of piperazine rings is 1. The lowest BCUT2D eigenvalue weighted by molar-refractivity contribution is -0.138. The number of rotatable bonds is 1. The van der Waals surface area contributed by atoms with Crippen LogP contribution >= 0.6 is 0 Å². The van der Waals surface area contributed by atoms with Crippen molar-refractivity contribution in [3.8, 4) is 0 Å². The molecule has 3 atom stereocenters. The van der Waals surface area contributed by atoms with E-state index in [9.17, 15) is 22.8 Å². The zero-order valence-electron chi connectivity index (χ0n) is 17.0. The Morgan fingerprint density at radius 1 is 1.17 bits per heavy atom. The molecule has 2 fully saturated rings. The van der Waals surface area contributed by atoms with Crippen molar-refractivity contribution in [1.82, 2.24) is 9.80 Å². The molecule has 1 aromatic rings. The van der Waals surface area contributed by atoms with Crippen LogP contribution in [0.3, 0.4) is 0 Å². The van der Waals surface area contributed by atoms with Gasteiger partial charge < -0.3 is 14.5 Å². The Labute approximate surface area is 167 Å². The first-order chi connectivity index (χ1) is 13.4. The van der Waals surface area contributed by atoms with Gasteiger partial charge in [-0.15, -0.1) is 0 Å². The number of nitrogens with zero attached hydrogens (tertiary/aromatic N) is 2.